The molecular formula is C44H40N4O6S2. The van der Waals surface area contributed by atoms with Crippen LogP contribution in [0.4, 0.5) is 10.8 Å². The number of hydrogen-bond donors (Lipinski definition) is 3. The predicted molar refractivity (Wildman–Crippen MR) is 224 cm³/mol. The van der Waals surface area contributed by atoms with Crippen LogP contribution < -0.4 is 30.2 Å². The molecule has 0 radical (unpaired) electrons. The SMILES string of the molecule is COc1cc(OC)c(OC)cc1/C=C(/NC(=O)c1ccccc1)C(=O)Nc1cccc(SC(C(=O)Nc2nc(-c3ccc(C)cc3)c(C)s2)c2ccccc2)c1. The van der Waals surface area contributed by atoms with Gasteiger partial charge < -0.3 is 30.2 Å². The lowest BCUT2D eigenvalue weighted by Crippen LogP contribution is -2.30. The molecule has 6 rings (SSSR count). The summed E-state index contributed by atoms with van der Waals surface area (Å²) in [6.45, 7) is 4.03. The second-order valence-electron chi connectivity index (χ2n) is 12.5. The summed E-state index contributed by atoms with van der Waals surface area (Å²) < 4.78 is 16.5. The lowest BCUT2D eigenvalue weighted by Gasteiger charge is -2.17. The third-order valence-corrected chi connectivity index (χ3v) is 10.7. The number of amides is 3. The van der Waals surface area contributed by atoms with Gasteiger partial charge in [0.15, 0.2) is 16.6 Å². The van der Waals surface area contributed by atoms with Gasteiger partial charge in [0.1, 0.15) is 16.7 Å². The summed E-state index contributed by atoms with van der Waals surface area (Å²) in [7, 11) is 4.51. The van der Waals surface area contributed by atoms with Crippen LogP contribution in [0.1, 0.15) is 37.2 Å². The van der Waals surface area contributed by atoms with Crippen LogP contribution in [0.3, 0.4) is 0 Å². The molecule has 3 N–H and O–H groups in total. The molecule has 10 nitrogen and oxygen atoms in total. The molecule has 0 saturated heterocycles. The summed E-state index contributed by atoms with van der Waals surface area (Å²) in [4.78, 5) is 47.8. The molecule has 3 amide bonds. The summed E-state index contributed by atoms with van der Waals surface area (Å²) in [5.74, 6) is -0.0658. The van der Waals surface area contributed by atoms with E-state index in [1.54, 1.807) is 60.7 Å². The number of ether oxygens (including phenoxy) is 3. The van der Waals surface area contributed by atoms with Crippen molar-refractivity contribution in [3.05, 3.63) is 154 Å². The van der Waals surface area contributed by atoms with E-state index >= 15 is 0 Å². The molecule has 284 valence electrons. The van der Waals surface area contributed by atoms with Crippen molar-refractivity contribution in [3.63, 3.8) is 0 Å². The summed E-state index contributed by atoms with van der Waals surface area (Å²) in [5.41, 5.74) is 5.00. The van der Waals surface area contributed by atoms with Crippen molar-refractivity contribution < 1.29 is 28.6 Å². The number of aryl methyl sites for hydroxylation is 2. The Morgan fingerprint density at radius 3 is 2.07 bits per heavy atom. The van der Waals surface area contributed by atoms with E-state index in [2.05, 4.69) is 16.0 Å². The number of nitrogens with zero attached hydrogens (tertiary/aromatic N) is 1. The van der Waals surface area contributed by atoms with Crippen molar-refractivity contribution in [1.82, 2.24) is 10.3 Å². The molecule has 0 spiro atoms. The minimum atomic E-state index is -0.646. The van der Waals surface area contributed by atoms with Crippen LogP contribution in [0.2, 0.25) is 0 Å². The lowest BCUT2D eigenvalue weighted by atomic mass is 10.1. The zero-order valence-corrected chi connectivity index (χ0v) is 33.0. The van der Waals surface area contributed by atoms with Gasteiger partial charge in [0.25, 0.3) is 11.8 Å². The van der Waals surface area contributed by atoms with E-state index in [9.17, 15) is 14.4 Å². The lowest BCUT2D eigenvalue weighted by molar-refractivity contribution is -0.116. The Labute approximate surface area is 333 Å². The van der Waals surface area contributed by atoms with E-state index in [1.807, 2.05) is 74.5 Å². The highest BCUT2D eigenvalue weighted by molar-refractivity contribution is 8.00. The van der Waals surface area contributed by atoms with Crippen molar-refractivity contribution in [3.8, 4) is 28.5 Å². The van der Waals surface area contributed by atoms with Crippen molar-refractivity contribution in [1.29, 1.82) is 0 Å². The summed E-state index contributed by atoms with van der Waals surface area (Å²) in [6.07, 6.45) is 1.51. The van der Waals surface area contributed by atoms with Gasteiger partial charge in [-0.3, -0.25) is 14.4 Å². The van der Waals surface area contributed by atoms with Gasteiger partial charge >= 0.3 is 0 Å². The van der Waals surface area contributed by atoms with Gasteiger partial charge in [-0.15, -0.1) is 23.1 Å². The molecule has 12 heteroatoms. The molecule has 0 bridgehead atoms. The molecular weight excluding hydrogens is 745 g/mol. The Bertz CT molecular complexity index is 2360. The number of hydrogen-bond acceptors (Lipinski definition) is 9. The van der Waals surface area contributed by atoms with Gasteiger partial charge in [-0.25, -0.2) is 4.98 Å². The number of aromatic nitrogens is 1. The number of methoxy groups -OCH3 is 3. The number of rotatable bonds is 14. The number of anilines is 2. The molecule has 56 heavy (non-hydrogen) atoms. The largest absolute Gasteiger partial charge is 0.496 e. The van der Waals surface area contributed by atoms with E-state index < -0.39 is 17.1 Å². The molecule has 0 saturated carbocycles. The molecule has 1 unspecified atom stereocenters. The molecule has 0 aliphatic carbocycles. The van der Waals surface area contributed by atoms with Crippen molar-refractivity contribution in [2.75, 3.05) is 32.0 Å². The van der Waals surface area contributed by atoms with E-state index in [0.29, 0.717) is 39.2 Å². The first-order chi connectivity index (χ1) is 27.1. The molecule has 1 aromatic heterocycles. The van der Waals surface area contributed by atoms with E-state index in [-0.39, 0.29) is 11.6 Å². The van der Waals surface area contributed by atoms with Crippen molar-refractivity contribution in [2.45, 2.75) is 24.0 Å². The number of thioether (sulfide) groups is 1. The molecule has 0 aliphatic rings. The van der Waals surface area contributed by atoms with Crippen LogP contribution in [-0.4, -0.2) is 44.0 Å². The molecule has 1 atom stereocenters. The normalized spacial score (nSPS) is 11.6. The first kappa shape index (κ1) is 39.3. The maximum atomic E-state index is 14.0. The fourth-order valence-corrected chi connectivity index (χ4v) is 7.67. The molecule has 6 aromatic rings. The van der Waals surface area contributed by atoms with Gasteiger partial charge in [0, 0.05) is 38.2 Å². The highest BCUT2D eigenvalue weighted by atomic mass is 32.2. The quantitative estimate of drug-likeness (QED) is 0.0737. The first-order valence-corrected chi connectivity index (χ1v) is 19.2. The minimum absolute atomic E-state index is 0.0484. The Morgan fingerprint density at radius 1 is 0.732 bits per heavy atom. The van der Waals surface area contributed by atoms with Gasteiger partial charge in [-0.2, -0.15) is 0 Å². The number of thiazole rings is 1. The monoisotopic (exact) mass is 784 g/mol. The molecule has 5 aromatic carbocycles. The smallest absolute Gasteiger partial charge is 0.272 e. The van der Waals surface area contributed by atoms with Crippen LogP contribution in [0, 0.1) is 13.8 Å². The first-order valence-electron chi connectivity index (χ1n) is 17.5. The number of carbonyl (C=O) groups excluding carboxylic acids is 3. The van der Waals surface area contributed by atoms with Crippen LogP contribution in [0.15, 0.2) is 132 Å². The number of nitrogens with one attached hydrogen (secondary N) is 3. The summed E-state index contributed by atoms with van der Waals surface area (Å²) in [6, 6.07) is 36.7. The predicted octanol–water partition coefficient (Wildman–Crippen LogP) is 9.33. The maximum absolute atomic E-state index is 14.0. The van der Waals surface area contributed by atoms with Gasteiger partial charge in [-0.1, -0.05) is 84.4 Å². The topological polar surface area (TPSA) is 128 Å². The number of benzene rings is 5. The molecule has 0 aliphatic heterocycles. The third kappa shape index (κ3) is 9.64. The highest BCUT2D eigenvalue weighted by Gasteiger charge is 2.25. The van der Waals surface area contributed by atoms with Crippen molar-refractivity contribution >= 4 is 57.7 Å². The minimum Gasteiger partial charge on any atom is -0.496 e. The average molecular weight is 785 g/mol. The van der Waals surface area contributed by atoms with E-state index in [1.165, 1.54) is 50.5 Å². The van der Waals surface area contributed by atoms with Crippen LogP contribution in [-0.2, 0) is 9.59 Å². The Morgan fingerprint density at radius 2 is 1.39 bits per heavy atom. The zero-order chi connectivity index (χ0) is 39.6. The molecule has 1 heterocycles. The Hall–Kier alpha value is -6.37. The fourth-order valence-electron chi connectivity index (χ4n) is 5.75. The maximum Gasteiger partial charge on any atom is 0.272 e. The third-order valence-electron chi connectivity index (χ3n) is 8.60. The van der Waals surface area contributed by atoms with Crippen LogP contribution >= 0.6 is 23.1 Å². The average Bonchev–Trinajstić information content (AvgIpc) is 3.59. The standard InChI is InChI=1S/C44H40N4O6S2/c1-27-19-21-29(22-20-27)39-28(2)55-44(47-39)48-43(51)40(30-13-8-6-9-14-30)56-34-18-12-17-33(25-34)45-42(50)35(46-41(49)31-15-10-7-11-16-31)23-32-24-37(53-4)38(54-5)26-36(32)52-3/h6-26,40H,1-5H3,(H,45,50)(H,46,49)(H,47,48,51)/b35-23+. The van der Waals surface area contributed by atoms with Gasteiger partial charge in [0.2, 0.25) is 5.91 Å². The Balaban J connectivity index is 1.26. The second-order valence-corrected chi connectivity index (χ2v) is 14.9. The van der Waals surface area contributed by atoms with Crippen LogP contribution in [0.5, 0.6) is 17.2 Å². The molecule has 0 fully saturated rings. The number of carbonyl (C=O) groups is 3. The Kier molecular flexibility index (Phi) is 12.9. The van der Waals surface area contributed by atoms with Crippen molar-refractivity contribution in [2.24, 2.45) is 0 Å². The van der Waals surface area contributed by atoms with Gasteiger partial charge in [-0.05, 0) is 61.9 Å². The second kappa shape index (κ2) is 18.3. The zero-order valence-electron chi connectivity index (χ0n) is 31.4. The fraction of sp³-hybridized carbons (Fsp3) is 0.136. The van der Waals surface area contributed by atoms with E-state index in [0.717, 1.165) is 32.2 Å². The summed E-state index contributed by atoms with van der Waals surface area (Å²) in [5, 5.41) is 8.59. The van der Waals surface area contributed by atoms with Crippen LogP contribution in [0.25, 0.3) is 17.3 Å². The van der Waals surface area contributed by atoms with Gasteiger partial charge in [0.05, 0.1) is 27.0 Å². The highest BCUT2D eigenvalue weighted by Crippen LogP contribution is 2.39. The summed E-state index contributed by atoms with van der Waals surface area (Å²) >= 11 is 2.76. The van der Waals surface area contributed by atoms with E-state index in [4.69, 9.17) is 19.2 Å².